The van der Waals surface area contributed by atoms with E-state index in [9.17, 15) is 28.8 Å². The van der Waals surface area contributed by atoms with E-state index in [1.165, 1.54) is 28.8 Å². The van der Waals surface area contributed by atoms with E-state index < -0.39 is 89.2 Å². The summed E-state index contributed by atoms with van der Waals surface area (Å²) in [5.74, 6) is -3.93. The van der Waals surface area contributed by atoms with Gasteiger partial charge < -0.3 is 40.5 Å². The van der Waals surface area contributed by atoms with Crippen molar-refractivity contribution in [3.63, 3.8) is 0 Å². The Bertz CT molecular complexity index is 2690. The molecule has 7 amide bonds. The number of fused-ring (bicyclic) bond motifs is 4. The Morgan fingerprint density at radius 3 is 2.08 bits per heavy atom. The number of piperidine rings is 1. The van der Waals surface area contributed by atoms with Gasteiger partial charge in [-0.3, -0.25) is 38.5 Å². The number of amides is 7. The number of para-hydroxylation sites is 1. The van der Waals surface area contributed by atoms with Gasteiger partial charge in [0.25, 0.3) is 0 Å². The number of carbonyl (C=O) groups excluding carboxylic acids is 7. The number of aromatic nitrogens is 2. The number of aryl methyl sites for hydroxylation is 1. The topological polar surface area (TPSA) is 195 Å². The molecule has 6 rings (SSSR count). The van der Waals surface area contributed by atoms with Crippen LogP contribution < -0.4 is 21.3 Å². The van der Waals surface area contributed by atoms with Crippen molar-refractivity contribution < 1.29 is 33.6 Å². The Morgan fingerprint density at radius 1 is 0.753 bits per heavy atom. The average Bonchev–Trinajstić information content (AvgIpc) is 3.73. The van der Waals surface area contributed by atoms with Gasteiger partial charge in [-0.15, -0.1) is 6.58 Å². The van der Waals surface area contributed by atoms with Crippen molar-refractivity contribution in [2.45, 2.75) is 168 Å². The average molecular weight is 1000 g/mol. The summed E-state index contributed by atoms with van der Waals surface area (Å²) >= 11 is 0. The molecular formula is C57H79N9O7. The lowest BCUT2D eigenvalue weighted by Gasteiger charge is -2.41. The van der Waals surface area contributed by atoms with Crippen LogP contribution in [0, 0.1) is 18.8 Å². The fraction of sp³-hybridized carbons (Fsp3) is 0.544. The van der Waals surface area contributed by atoms with Gasteiger partial charge in [0, 0.05) is 67.9 Å². The molecular weight excluding hydrogens is 923 g/mol. The number of nitrogens with zero attached hydrogens (tertiary/aromatic N) is 5. The Hall–Kier alpha value is -6.58. The number of carbonyl (C=O) groups is 7. The number of rotatable bonds is 13. The molecule has 2 saturated heterocycles. The van der Waals surface area contributed by atoms with Gasteiger partial charge in [0.15, 0.2) is 0 Å². The molecule has 0 radical (unpaired) electrons. The van der Waals surface area contributed by atoms with Crippen LogP contribution in [0.3, 0.4) is 0 Å². The number of nitrogens with one attached hydrogen (secondary N) is 4. The van der Waals surface area contributed by atoms with Crippen molar-refractivity contribution in [1.29, 1.82) is 0 Å². The van der Waals surface area contributed by atoms with Crippen LogP contribution in [0.15, 0.2) is 73.6 Å². The summed E-state index contributed by atoms with van der Waals surface area (Å²) in [6, 6.07) is 7.81. The second-order valence-corrected chi connectivity index (χ2v) is 21.7. The smallest absolute Gasteiger partial charge is 0.246 e. The SMILES string of the molecule is C=CC(C)(C)n1cc(C[C@@H]2NC(=O)[C@H](CCCC)NC(=O)[C@H](CC(C)C)N3CCCC(C3=O)N(C)C(=O)[C@H](C)NC(=O)[C@H](Cc3ccc4cnc(C)cc4c3)NC(=O)[C@H](CC(C)C)N(C)C2=O)c2ccccc21. The van der Waals surface area contributed by atoms with E-state index in [2.05, 4.69) is 37.4 Å². The lowest BCUT2D eigenvalue weighted by atomic mass is 9.95. The minimum absolute atomic E-state index is 0.0274. The molecule has 0 spiro atoms. The van der Waals surface area contributed by atoms with Crippen molar-refractivity contribution in [1.82, 2.24) is 45.5 Å². The number of unbranched alkanes of at least 4 members (excludes halogenated alkanes) is 1. The molecule has 0 aliphatic carbocycles. The van der Waals surface area contributed by atoms with Crippen LogP contribution >= 0.6 is 0 Å². The maximum atomic E-state index is 15.4. The van der Waals surface area contributed by atoms with Crippen LogP contribution in [-0.4, -0.2) is 129 Å². The second-order valence-electron chi connectivity index (χ2n) is 21.7. The van der Waals surface area contributed by atoms with Crippen LogP contribution in [0.4, 0.5) is 0 Å². The number of pyridine rings is 1. The van der Waals surface area contributed by atoms with Crippen LogP contribution in [0.1, 0.15) is 117 Å². The van der Waals surface area contributed by atoms with Crippen molar-refractivity contribution in [2.75, 3.05) is 20.6 Å². The molecule has 2 fully saturated rings. The molecule has 2 bridgehead atoms. The van der Waals surface area contributed by atoms with E-state index >= 15 is 4.79 Å². The Labute approximate surface area is 431 Å². The standard InChI is InChI=1S/C57H79N9O7/c1-13-15-20-43-50(67)62-45(31-41-33-66(57(9,10)14-2)46-21-17-16-19-42(41)46)55(72)64(12)48(26-34(3)4)52(69)61-44(30-38-23-24-39-32-58-36(7)28-40(39)29-38)51(68)59-37(8)54(71)63(11)47-22-18-25-65(56(47)73)49(27-35(5)6)53(70)60-43/h14,16-17,19,21,23-24,28-29,32-35,37,43-45,47-49H,2,13,15,18,20,22,25-27,30-31H2,1,3-12H3,(H,59,68)(H,60,70)(H,61,69)(H,62,67)/t37-,43-,44-,45-,47?,48-,49-/m0/s1. The molecule has 4 N–H and O–H groups in total. The van der Waals surface area contributed by atoms with Crippen LogP contribution in [-0.2, 0) is 51.9 Å². The molecule has 2 aromatic carbocycles. The van der Waals surface area contributed by atoms with Crippen LogP contribution in [0.25, 0.3) is 21.7 Å². The predicted octanol–water partition coefficient (Wildman–Crippen LogP) is 6.10. The number of benzene rings is 2. The highest BCUT2D eigenvalue weighted by molar-refractivity contribution is 5.99. The molecule has 2 aliphatic heterocycles. The lowest BCUT2D eigenvalue weighted by molar-refractivity contribution is -0.153. The van der Waals surface area contributed by atoms with Gasteiger partial charge in [-0.1, -0.05) is 89.9 Å². The molecule has 16 heteroatoms. The van der Waals surface area contributed by atoms with E-state index in [0.717, 1.165) is 38.5 Å². The first-order valence-electron chi connectivity index (χ1n) is 26.2. The van der Waals surface area contributed by atoms with E-state index in [-0.39, 0.29) is 44.1 Å². The number of hydrogen-bond acceptors (Lipinski definition) is 8. The molecule has 394 valence electrons. The Kier molecular flexibility index (Phi) is 18.3. The summed E-state index contributed by atoms with van der Waals surface area (Å²) < 4.78 is 2.08. The van der Waals surface area contributed by atoms with Gasteiger partial charge in [-0.05, 0) is 100 Å². The van der Waals surface area contributed by atoms with E-state index in [1.807, 2.05) is 116 Å². The maximum Gasteiger partial charge on any atom is 0.246 e. The van der Waals surface area contributed by atoms with Crippen molar-refractivity contribution in [3.05, 3.63) is 90.4 Å². The third-order valence-corrected chi connectivity index (χ3v) is 14.6. The summed E-state index contributed by atoms with van der Waals surface area (Å²) in [6.07, 6.45) is 8.54. The zero-order chi connectivity index (χ0) is 53.5. The number of allylic oxidation sites excluding steroid dienone is 1. The Balaban J connectivity index is 1.48. The van der Waals surface area contributed by atoms with Crippen molar-refractivity contribution in [3.8, 4) is 0 Å². The summed E-state index contributed by atoms with van der Waals surface area (Å²) in [5, 5.41) is 14.6. The summed E-state index contributed by atoms with van der Waals surface area (Å²) in [7, 11) is 3.06. The van der Waals surface area contributed by atoms with Gasteiger partial charge in [-0.2, -0.15) is 0 Å². The van der Waals surface area contributed by atoms with E-state index in [4.69, 9.17) is 0 Å². The van der Waals surface area contributed by atoms with Crippen LogP contribution in [0.2, 0.25) is 0 Å². The zero-order valence-electron chi connectivity index (χ0n) is 44.9. The predicted molar refractivity (Wildman–Crippen MR) is 285 cm³/mol. The summed E-state index contributed by atoms with van der Waals surface area (Å²) in [5.41, 5.74) is 2.68. The molecule has 2 aromatic heterocycles. The van der Waals surface area contributed by atoms with Gasteiger partial charge in [0.2, 0.25) is 41.4 Å². The molecule has 73 heavy (non-hydrogen) atoms. The van der Waals surface area contributed by atoms with Crippen LogP contribution in [0.5, 0.6) is 0 Å². The first-order chi connectivity index (χ1) is 34.5. The molecule has 16 nitrogen and oxygen atoms in total. The van der Waals surface area contributed by atoms with E-state index in [0.29, 0.717) is 32.1 Å². The quantitative estimate of drug-likeness (QED) is 0.115. The molecule has 1 unspecified atom stereocenters. The number of hydrogen-bond donors (Lipinski definition) is 4. The first kappa shape index (κ1) is 55.7. The molecule has 4 heterocycles. The van der Waals surface area contributed by atoms with Gasteiger partial charge in [0.05, 0.1) is 5.54 Å². The maximum absolute atomic E-state index is 15.4. The highest BCUT2D eigenvalue weighted by atomic mass is 16.2. The molecule has 4 aromatic rings. The summed E-state index contributed by atoms with van der Waals surface area (Å²) in [6.45, 7) is 21.6. The minimum Gasteiger partial charge on any atom is -0.343 e. The highest BCUT2D eigenvalue weighted by Gasteiger charge is 2.43. The highest BCUT2D eigenvalue weighted by Crippen LogP contribution is 2.30. The normalized spacial score (nSPS) is 23.7. The first-order valence-corrected chi connectivity index (χ1v) is 26.2. The minimum atomic E-state index is -1.23. The van der Waals surface area contributed by atoms with Crippen molar-refractivity contribution >= 4 is 63.0 Å². The molecule has 0 saturated carbocycles. The second kappa shape index (κ2) is 24.0. The monoisotopic (exact) mass is 1000 g/mol. The van der Waals surface area contributed by atoms with E-state index in [1.54, 1.807) is 13.1 Å². The molecule has 2 aliphatic rings. The molecule has 7 atom stereocenters. The number of likely N-dealkylation sites (N-methyl/N-ethyl adjacent to an activating group) is 2. The summed E-state index contributed by atoms with van der Waals surface area (Å²) in [4.78, 5) is 112. The van der Waals surface area contributed by atoms with Gasteiger partial charge >= 0.3 is 0 Å². The third kappa shape index (κ3) is 13.2. The van der Waals surface area contributed by atoms with Crippen molar-refractivity contribution in [2.24, 2.45) is 11.8 Å². The van der Waals surface area contributed by atoms with Gasteiger partial charge in [-0.25, -0.2) is 0 Å². The largest absolute Gasteiger partial charge is 0.343 e. The fourth-order valence-electron chi connectivity index (χ4n) is 10.3. The fourth-order valence-corrected chi connectivity index (χ4v) is 10.3. The zero-order valence-corrected chi connectivity index (χ0v) is 44.9. The third-order valence-electron chi connectivity index (χ3n) is 14.6. The Morgan fingerprint density at radius 2 is 1.40 bits per heavy atom. The van der Waals surface area contributed by atoms with Gasteiger partial charge in [0.1, 0.15) is 42.3 Å². The lowest BCUT2D eigenvalue weighted by Crippen LogP contribution is -2.62.